The fourth-order valence-corrected chi connectivity index (χ4v) is 2.58. The molecule has 0 radical (unpaired) electrons. The molecular formula is C13H17BrN2O3. The molecule has 104 valence electrons. The zero-order chi connectivity index (χ0) is 14.0. The number of carbonyl (C=O) groups excluding carboxylic acids is 1. The summed E-state index contributed by atoms with van der Waals surface area (Å²) in [6.45, 7) is 1.08. The highest BCUT2D eigenvalue weighted by atomic mass is 79.9. The zero-order valence-corrected chi connectivity index (χ0v) is 12.5. The van der Waals surface area contributed by atoms with E-state index in [9.17, 15) is 4.79 Å². The molecule has 1 aromatic rings. The molecule has 2 N–H and O–H groups in total. The van der Waals surface area contributed by atoms with Gasteiger partial charge in [-0.25, -0.2) is 0 Å². The first-order valence-corrected chi connectivity index (χ1v) is 6.76. The Morgan fingerprint density at radius 3 is 2.37 bits per heavy atom. The quantitative estimate of drug-likeness (QED) is 0.854. The van der Waals surface area contributed by atoms with Crippen LogP contribution in [0.5, 0.6) is 0 Å². The number of ether oxygens (including phenoxy) is 2. The number of nitrogen functional groups attached to an aromatic ring is 1. The van der Waals surface area contributed by atoms with E-state index in [1.165, 1.54) is 0 Å². The van der Waals surface area contributed by atoms with Crippen LogP contribution < -0.4 is 5.73 Å². The predicted octanol–water partition coefficient (Wildman–Crippen LogP) is 1.52. The van der Waals surface area contributed by atoms with Crippen LogP contribution in [0.1, 0.15) is 10.4 Å². The fourth-order valence-electron chi connectivity index (χ4n) is 2.21. The van der Waals surface area contributed by atoms with E-state index in [1.807, 2.05) is 0 Å². The van der Waals surface area contributed by atoms with Crippen molar-refractivity contribution in [3.8, 4) is 0 Å². The number of nitrogens with zero attached hydrogens (tertiary/aromatic N) is 1. The Balaban J connectivity index is 2.14. The standard InChI is InChI=1S/C13H17BrN2O3/c1-18-11-6-16(7-12(11)19-2)13(17)8-3-4-10(15)9(14)5-8/h3-5,11-12H,6-7,15H2,1-2H3. The number of halogens is 1. The average molecular weight is 329 g/mol. The van der Waals surface area contributed by atoms with Gasteiger partial charge in [0.1, 0.15) is 12.2 Å². The molecule has 1 fully saturated rings. The Kier molecular flexibility index (Phi) is 4.44. The molecule has 1 aliphatic rings. The molecule has 2 atom stereocenters. The maximum atomic E-state index is 12.4. The van der Waals surface area contributed by atoms with Crippen molar-refractivity contribution in [2.45, 2.75) is 12.2 Å². The molecule has 2 unspecified atom stereocenters. The molecule has 0 aliphatic carbocycles. The van der Waals surface area contributed by atoms with E-state index in [1.54, 1.807) is 37.3 Å². The minimum atomic E-state index is -0.0776. The first-order valence-electron chi connectivity index (χ1n) is 5.96. The Morgan fingerprint density at radius 1 is 1.32 bits per heavy atom. The van der Waals surface area contributed by atoms with E-state index in [0.717, 1.165) is 4.47 Å². The normalized spacial score (nSPS) is 22.8. The van der Waals surface area contributed by atoms with E-state index in [0.29, 0.717) is 24.3 Å². The Morgan fingerprint density at radius 2 is 1.89 bits per heavy atom. The summed E-state index contributed by atoms with van der Waals surface area (Å²) in [6, 6.07) is 5.18. The van der Waals surface area contributed by atoms with Crippen molar-refractivity contribution in [1.82, 2.24) is 4.90 Å². The molecule has 19 heavy (non-hydrogen) atoms. The summed E-state index contributed by atoms with van der Waals surface area (Å²) in [5, 5.41) is 0. The van der Waals surface area contributed by atoms with Crippen LogP contribution in [0.25, 0.3) is 0 Å². The van der Waals surface area contributed by atoms with Crippen molar-refractivity contribution in [2.75, 3.05) is 33.0 Å². The number of benzene rings is 1. The Bertz CT molecular complexity index is 469. The first-order chi connectivity index (χ1) is 9.06. The molecule has 5 nitrogen and oxygen atoms in total. The lowest BCUT2D eigenvalue weighted by atomic mass is 10.2. The molecule has 0 saturated carbocycles. The predicted molar refractivity (Wildman–Crippen MR) is 76.1 cm³/mol. The summed E-state index contributed by atoms with van der Waals surface area (Å²) < 4.78 is 11.4. The minimum absolute atomic E-state index is 0.0395. The molecule has 1 heterocycles. The smallest absolute Gasteiger partial charge is 0.254 e. The van der Waals surface area contributed by atoms with Gasteiger partial charge in [0.15, 0.2) is 0 Å². The third kappa shape index (κ3) is 2.91. The second-order valence-electron chi connectivity index (χ2n) is 4.49. The Hall–Kier alpha value is -1.11. The molecule has 0 aromatic heterocycles. The topological polar surface area (TPSA) is 64.8 Å². The van der Waals surface area contributed by atoms with Crippen LogP contribution in [0.15, 0.2) is 22.7 Å². The van der Waals surface area contributed by atoms with Gasteiger partial charge in [-0.05, 0) is 34.1 Å². The van der Waals surface area contributed by atoms with Crippen LogP contribution in [0.2, 0.25) is 0 Å². The van der Waals surface area contributed by atoms with Gasteiger partial charge in [-0.1, -0.05) is 0 Å². The van der Waals surface area contributed by atoms with Gasteiger partial charge in [0, 0.05) is 43.0 Å². The maximum absolute atomic E-state index is 12.4. The number of hydrogen-bond donors (Lipinski definition) is 1. The van der Waals surface area contributed by atoms with Crippen LogP contribution in [-0.4, -0.2) is 50.3 Å². The van der Waals surface area contributed by atoms with Gasteiger partial charge in [0.05, 0.1) is 0 Å². The van der Waals surface area contributed by atoms with Crippen molar-refractivity contribution in [2.24, 2.45) is 0 Å². The zero-order valence-electron chi connectivity index (χ0n) is 10.9. The lowest BCUT2D eigenvalue weighted by Crippen LogP contribution is -2.30. The number of carbonyl (C=O) groups is 1. The molecule has 1 aliphatic heterocycles. The molecule has 0 spiro atoms. The SMILES string of the molecule is COC1CN(C(=O)c2ccc(N)c(Br)c2)CC1OC. The van der Waals surface area contributed by atoms with Crippen molar-refractivity contribution in [1.29, 1.82) is 0 Å². The highest BCUT2D eigenvalue weighted by Crippen LogP contribution is 2.23. The maximum Gasteiger partial charge on any atom is 0.254 e. The van der Waals surface area contributed by atoms with Crippen molar-refractivity contribution < 1.29 is 14.3 Å². The molecule has 1 aromatic carbocycles. The summed E-state index contributed by atoms with van der Waals surface area (Å²) in [5.41, 5.74) is 6.94. The highest BCUT2D eigenvalue weighted by molar-refractivity contribution is 9.10. The molecule has 6 heteroatoms. The summed E-state index contributed by atoms with van der Waals surface area (Å²) in [7, 11) is 3.26. The summed E-state index contributed by atoms with van der Waals surface area (Å²) >= 11 is 3.33. The number of nitrogens with two attached hydrogens (primary N) is 1. The third-order valence-electron chi connectivity index (χ3n) is 3.36. The molecule has 2 rings (SSSR count). The summed E-state index contributed by atoms with van der Waals surface area (Å²) in [5.74, 6) is -0.0395. The first kappa shape index (κ1) is 14.3. The lowest BCUT2D eigenvalue weighted by Gasteiger charge is -2.16. The highest BCUT2D eigenvalue weighted by Gasteiger charge is 2.35. The van der Waals surface area contributed by atoms with E-state index in [2.05, 4.69) is 15.9 Å². The largest absolute Gasteiger partial charge is 0.398 e. The second-order valence-corrected chi connectivity index (χ2v) is 5.35. The summed E-state index contributed by atoms with van der Waals surface area (Å²) in [6.07, 6.45) is -0.155. The molecule has 0 bridgehead atoms. The van der Waals surface area contributed by atoms with Crippen molar-refractivity contribution in [3.63, 3.8) is 0 Å². The van der Waals surface area contributed by atoms with Crippen LogP contribution >= 0.6 is 15.9 Å². The Labute approximate surface area is 120 Å². The van der Waals surface area contributed by atoms with Gasteiger partial charge in [0.2, 0.25) is 0 Å². The van der Waals surface area contributed by atoms with E-state index in [4.69, 9.17) is 15.2 Å². The van der Waals surface area contributed by atoms with E-state index >= 15 is 0 Å². The van der Waals surface area contributed by atoms with Gasteiger partial charge in [0.25, 0.3) is 5.91 Å². The number of hydrogen-bond acceptors (Lipinski definition) is 4. The number of rotatable bonds is 3. The van der Waals surface area contributed by atoms with Crippen molar-refractivity contribution in [3.05, 3.63) is 28.2 Å². The second kappa shape index (κ2) is 5.90. The summed E-state index contributed by atoms with van der Waals surface area (Å²) in [4.78, 5) is 14.1. The molecule has 1 saturated heterocycles. The lowest BCUT2D eigenvalue weighted by molar-refractivity contribution is -0.00461. The number of methoxy groups -OCH3 is 2. The number of anilines is 1. The van der Waals surface area contributed by atoms with Gasteiger partial charge in [-0.15, -0.1) is 0 Å². The van der Waals surface area contributed by atoms with Gasteiger partial charge in [-0.2, -0.15) is 0 Å². The third-order valence-corrected chi connectivity index (χ3v) is 4.04. The van der Waals surface area contributed by atoms with Gasteiger partial charge in [-0.3, -0.25) is 4.79 Å². The molecule has 1 amide bonds. The molecular weight excluding hydrogens is 312 g/mol. The van der Waals surface area contributed by atoms with Gasteiger partial charge >= 0.3 is 0 Å². The van der Waals surface area contributed by atoms with E-state index in [-0.39, 0.29) is 18.1 Å². The van der Waals surface area contributed by atoms with Crippen LogP contribution in [0.4, 0.5) is 5.69 Å². The average Bonchev–Trinajstić information content (AvgIpc) is 2.84. The van der Waals surface area contributed by atoms with Gasteiger partial charge < -0.3 is 20.1 Å². The van der Waals surface area contributed by atoms with Crippen LogP contribution in [0, 0.1) is 0 Å². The fraction of sp³-hybridized carbons (Fsp3) is 0.462. The minimum Gasteiger partial charge on any atom is -0.398 e. The monoisotopic (exact) mass is 328 g/mol. The van der Waals surface area contributed by atoms with Crippen molar-refractivity contribution >= 4 is 27.5 Å². The number of amides is 1. The van der Waals surface area contributed by atoms with E-state index < -0.39 is 0 Å². The number of likely N-dealkylation sites (tertiary alicyclic amines) is 1. The van der Waals surface area contributed by atoms with Crippen LogP contribution in [0.3, 0.4) is 0 Å². The van der Waals surface area contributed by atoms with Crippen LogP contribution in [-0.2, 0) is 9.47 Å².